The molecule has 0 bridgehead atoms. The molecule has 8 nitrogen and oxygen atoms in total. The van der Waals surface area contributed by atoms with Crippen molar-refractivity contribution in [1.82, 2.24) is 10.2 Å². The Hall–Kier alpha value is -3.68. The van der Waals surface area contributed by atoms with Crippen LogP contribution >= 0.6 is 0 Å². The van der Waals surface area contributed by atoms with Gasteiger partial charge >= 0.3 is 6.03 Å². The highest BCUT2D eigenvalue weighted by Crippen LogP contribution is 2.31. The quantitative estimate of drug-likeness (QED) is 0.732. The first kappa shape index (κ1) is 19.3. The van der Waals surface area contributed by atoms with E-state index in [1.807, 2.05) is 19.1 Å². The van der Waals surface area contributed by atoms with Crippen LogP contribution in [0.1, 0.15) is 39.9 Å². The average molecular weight is 418 g/mol. The van der Waals surface area contributed by atoms with E-state index in [2.05, 4.69) is 16.7 Å². The van der Waals surface area contributed by atoms with E-state index in [9.17, 15) is 19.2 Å². The van der Waals surface area contributed by atoms with Crippen molar-refractivity contribution < 1.29 is 19.2 Å². The molecule has 0 spiro atoms. The molecule has 3 aliphatic rings. The lowest BCUT2D eigenvalue weighted by atomic mass is 10.0. The zero-order valence-corrected chi connectivity index (χ0v) is 17.1. The predicted molar refractivity (Wildman–Crippen MR) is 114 cm³/mol. The Bertz CT molecular complexity index is 1140. The molecule has 0 aliphatic carbocycles. The van der Waals surface area contributed by atoms with Gasteiger partial charge in [-0.3, -0.25) is 24.6 Å². The SMILES string of the molecule is Cc1ccc2c(c1)N(C(=O)Nc1ccc3c(c1)CN([C@@H]1CCC(=O)NC1=O)C3=O)CC2. The number of urea groups is 1. The minimum absolute atomic E-state index is 0.212. The molecule has 1 saturated heterocycles. The smallest absolute Gasteiger partial charge is 0.322 e. The molecule has 8 heteroatoms. The van der Waals surface area contributed by atoms with Gasteiger partial charge in [-0.1, -0.05) is 12.1 Å². The summed E-state index contributed by atoms with van der Waals surface area (Å²) in [4.78, 5) is 52.5. The first-order valence-electron chi connectivity index (χ1n) is 10.4. The molecule has 158 valence electrons. The van der Waals surface area contributed by atoms with Crippen molar-refractivity contribution in [2.75, 3.05) is 16.8 Å². The molecule has 0 saturated carbocycles. The van der Waals surface area contributed by atoms with Gasteiger partial charge in [0.2, 0.25) is 11.8 Å². The second-order valence-corrected chi connectivity index (χ2v) is 8.24. The molecule has 5 rings (SSSR count). The summed E-state index contributed by atoms with van der Waals surface area (Å²) in [5.41, 5.74) is 5.05. The van der Waals surface area contributed by atoms with E-state index >= 15 is 0 Å². The maximum atomic E-state index is 12.9. The number of hydrogen-bond donors (Lipinski definition) is 2. The van der Waals surface area contributed by atoms with Crippen LogP contribution in [0.25, 0.3) is 0 Å². The molecule has 2 aromatic rings. The Morgan fingerprint density at radius 3 is 2.71 bits per heavy atom. The van der Waals surface area contributed by atoms with Gasteiger partial charge in [0, 0.05) is 36.4 Å². The Labute approximate surface area is 179 Å². The van der Waals surface area contributed by atoms with Crippen molar-refractivity contribution in [2.24, 2.45) is 0 Å². The minimum Gasteiger partial charge on any atom is -0.322 e. The summed E-state index contributed by atoms with van der Waals surface area (Å²) in [5.74, 6) is -0.977. The van der Waals surface area contributed by atoms with Gasteiger partial charge in [0.1, 0.15) is 6.04 Å². The Balaban J connectivity index is 1.32. The van der Waals surface area contributed by atoms with Crippen molar-refractivity contribution >= 4 is 35.1 Å². The Morgan fingerprint density at radius 2 is 1.90 bits per heavy atom. The molecule has 0 radical (unpaired) electrons. The van der Waals surface area contributed by atoms with Crippen LogP contribution < -0.4 is 15.5 Å². The molecule has 1 fully saturated rings. The van der Waals surface area contributed by atoms with E-state index in [-0.39, 0.29) is 30.8 Å². The molecule has 31 heavy (non-hydrogen) atoms. The summed E-state index contributed by atoms with van der Waals surface area (Å²) in [6.45, 7) is 2.90. The molecule has 5 amide bonds. The summed E-state index contributed by atoms with van der Waals surface area (Å²) in [6.07, 6.45) is 1.36. The highest BCUT2D eigenvalue weighted by molar-refractivity contribution is 6.06. The van der Waals surface area contributed by atoms with Crippen LogP contribution in [0.15, 0.2) is 36.4 Å². The van der Waals surface area contributed by atoms with E-state index in [0.29, 0.717) is 24.2 Å². The highest BCUT2D eigenvalue weighted by atomic mass is 16.2. The van der Waals surface area contributed by atoms with E-state index < -0.39 is 11.9 Å². The van der Waals surface area contributed by atoms with Crippen molar-refractivity contribution in [3.8, 4) is 0 Å². The lowest BCUT2D eigenvalue weighted by Gasteiger charge is -2.29. The third-order valence-corrected chi connectivity index (χ3v) is 6.16. The summed E-state index contributed by atoms with van der Waals surface area (Å²) in [6, 6.07) is 10.4. The number of imide groups is 1. The third kappa shape index (κ3) is 3.34. The zero-order valence-electron chi connectivity index (χ0n) is 17.1. The fourth-order valence-corrected chi connectivity index (χ4v) is 4.54. The number of piperidine rings is 1. The Kier molecular flexibility index (Phi) is 4.50. The third-order valence-electron chi connectivity index (χ3n) is 6.16. The van der Waals surface area contributed by atoms with Gasteiger partial charge in [-0.05, 0) is 60.7 Å². The van der Waals surface area contributed by atoms with E-state index in [1.54, 1.807) is 23.1 Å². The molecule has 2 aromatic carbocycles. The van der Waals surface area contributed by atoms with Gasteiger partial charge in [-0.2, -0.15) is 0 Å². The summed E-state index contributed by atoms with van der Waals surface area (Å²) in [7, 11) is 0. The first-order valence-corrected chi connectivity index (χ1v) is 10.4. The fraction of sp³-hybridized carbons (Fsp3) is 0.304. The summed E-state index contributed by atoms with van der Waals surface area (Å²) in [5, 5.41) is 5.23. The first-order chi connectivity index (χ1) is 14.9. The van der Waals surface area contributed by atoms with Gasteiger partial charge < -0.3 is 10.2 Å². The van der Waals surface area contributed by atoms with Gasteiger partial charge in [0.15, 0.2) is 0 Å². The molecule has 0 aromatic heterocycles. The average Bonchev–Trinajstić information content (AvgIpc) is 3.29. The highest BCUT2D eigenvalue weighted by Gasteiger charge is 2.39. The lowest BCUT2D eigenvalue weighted by Crippen LogP contribution is -2.52. The number of carbonyl (C=O) groups excluding carboxylic acids is 4. The maximum Gasteiger partial charge on any atom is 0.326 e. The van der Waals surface area contributed by atoms with Crippen molar-refractivity contribution in [1.29, 1.82) is 0 Å². The van der Waals surface area contributed by atoms with Gasteiger partial charge in [0.25, 0.3) is 5.91 Å². The summed E-state index contributed by atoms with van der Waals surface area (Å²) >= 11 is 0. The topological polar surface area (TPSA) is 98.8 Å². The van der Waals surface area contributed by atoms with Crippen molar-refractivity contribution in [2.45, 2.75) is 38.8 Å². The van der Waals surface area contributed by atoms with Crippen LogP contribution in [0.5, 0.6) is 0 Å². The number of nitrogens with zero attached hydrogens (tertiary/aromatic N) is 2. The van der Waals surface area contributed by atoms with Gasteiger partial charge in [-0.15, -0.1) is 0 Å². The number of fused-ring (bicyclic) bond motifs is 2. The summed E-state index contributed by atoms with van der Waals surface area (Å²) < 4.78 is 0. The molecule has 3 heterocycles. The number of benzene rings is 2. The largest absolute Gasteiger partial charge is 0.326 e. The Morgan fingerprint density at radius 1 is 1.06 bits per heavy atom. The second kappa shape index (κ2) is 7.23. The minimum atomic E-state index is -0.653. The molecule has 3 aliphatic heterocycles. The number of nitrogens with one attached hydrogen (secondary N) is 2. The maximum absolute atomic E-state index is 12.9. The molecule has 1 atom stereocenters. The van der Waals surface area contributed by atoms with Crippen LogP contribution in [0, 0.1) is 6.92 Å². The molecule has 2 N–H and O–H groups in total. The zero-order chi connectivity index (χ0) is 21.7. The molecular formula is C23H22N4O4. The lowest BCUT2D eigenvalue weighted by molar-refractivity contribution is -0.136. The van der Waals surface area contributed by atoms with Crippen molar-refractivity contribution in [3.63, 3.8) is 0 Å². The second-order valence-electron chi connectivity index (χ2n) is 8.24. The number of hydrogen-bond acceptors (Lipinski definition) is 4. The number of anilines is 2. The predicted octanol–water partition coefficient (Wildman–Crippen LogP) is 2.35. The normalized spacial score (nSPS) is 19.9. The van der Waals surface area contributed by atoms with Crippen LogP contribution in [0.4, 0.5) is 16.2 Å². The standard InChI is InChI=1S/C23H22N4O4/c1-13-2-3-14-8-9-26(19(14)10-13)23(31)24-16-4-5-17-15(11-16)12-27(22(17)30)18-6-7-20(28)25-21(18)29/h2-5,10-11,18H,6-9,12H2,1H3,(H,24,31)(H,25,28,29)/t18-/m1/s1. The monoisotopic (exact) mass is 418 g/mol. The van der Waals surface area contributed by atoms with E-state index in [0.717, 1.165) is 28.8 Å². The van der Waals surface area contributed by atoms with Crippen LogP contribution in [-0.2, 0) is 22.6 Å². The van der Waals surface area contributed by atoms with Crippen LogP contribution in [0.2, 0.25) is 0 Å². The fourth-order valence-electron chi connectivity index (χ4n) is 4.54. The van der Waals surface area contributed by atoms with Crippen molar-refractivity contribution in [3.05, 3.63) is 58.7 Å². The van der Waals surface area contributed by atoms with Gasteiger partial charge in [0.05, 0.1) is 0 Å². The van der Waals surface area contributed by atoms with Gasteiger partial charge in [-0.25, -0.2) is 4.79 Å². The number of rotatable bonds is 2. The number of amides is 5. The molecule has 0 unspecified atom stereocenters. The van der Waals surface area contributed by atoms with E-state index in [1.165, 1.54) is 4.90 Å². The number of carbonyl (C=O) groups is 4. The van der Waals surface area contributed by atoms with Crippen LogP contribution in [-0.4, -0.2) is 41.2 Å². The van der Waals surface area contributed by atoms with E-state index in [4.69, 9.17) is 0 Å². The van der Waals surface area contributed by atoms with Crippen LogP contribution in [0.3, 0.4) is 0 Å². The molecular weight excluding hydrogens is 396 g/mol. The number of aryl methyl sites for hydroxylation is 1.